The fourth-order valence-corrected chi connectivity index (χ4v) is 2.78. The summed E-state index contributed by atoms with van der Waals surface area (Å²) in [7, 11) is 0. The summed E-state index contributed by atoms with van der Waals surface area (Å²) in [5.41, 5.74) is 2.57. The standard InChI is InChI=1S/C22H30O2/c1-4-19(5-2)17-20-11-13-21(14-12-20)23-15-8-16-24-22-10-7-6-9-18(22)3/h6-7,9-14,19H,4-5,8,15-17H2,1-3H3. The van der Waals surface area contributed by atoms with Crippen molar-refractivity contribution in [2.45, 2.75) is 46.5 Å². The molecule has 0 aliphatic rings. The van der Waals surface area contributed by atoms with Gasteiger partial charge in [-0.15, -0.1) is 0 Å². The van der Waals surface area contributed by atoms with E-state index < -0.39 is 0 Å². The molecule has 2 rings (SSSR count). The van der Waals surface area contributed by atoms with Gasteiger partial charge in [-0.05, 0) is 48.6 Å². The number of benzene rings is 2. The van der Waals surface area contributed by atoms with E-state index in [0.717, 1.165) is 30.3 Å². The molecule has 0 saturated heterocycles. The molecule has 0 heterocycles. The van der Waals surface area contributed by atoms with E-state index in [1.54, 1.807) is 0 Å². The van der Waals surface area contributed by atoms with Crippen LogP contribution in [0.3, 0.4) is 0 Å². The van der Waals surface area contributed by atoms with Gasteiger partial charge in [0, 0.05) is 6.42 Å². The fraction of sp³-hybridized carbons (Fsp3) is 0.455. The smallest absolute Gasteiger partial charge is 0.122 e. The van der Waals surface area contributed by atoms with Gasteiger partial charge >= 0.3 is 0 Å². The van der Waals surface area contributed by atoms with Gasteiger partial charge in [-0.3, -0.25) is 0 Å². The summed E-state index contributed by atoms with van der Waals surface area (Å²) >= 11 is 0. The minimum absolute atomic E-state index is 0.678. The summed E-state index contributed by atoms with van der Waals surface area (Å²) in [5.74, 6) is 2.69. The minimum atomic E-state index is 0.678. The topological polar surface area (TPSA) is 18.5 Å². The molecule has 130 valence electrons. The molecular formula is C22H30O2. The molecule has 0 aliphatic heterocycles. The van der Waals surface area contributed by atoms with Crippen molar-refractivity contribution in [3.63, 3.8) is 0 Å². The van der Waals surface area contributed by atoms with Gasteiger partial charge in [0.25, 0.3) is 0 Å². The second-order valence-electron chi connectivity index (χ2n) is 6.35. The predicted molar refractivity (Wildman–Crippen MR) is 101 cm³/mol. The van der Waals surface area contributed by atoms with Crippen molar-refractivity contribution in [1.29, 1.82) is 0 Å². The van der Waals surface area contributed by atoms with Crippen molar-refractivity contribution in [2.24, 2.45) is 5.92 Å². The highest BCUT2D eigenvalue weighted by Gasteiger charge is 2.05. The highest BCUT2D eigenvalue weighted by Crippen LogP contribution is 2.19. The molecule has 2 heteroatoms. The van der Waals surface area contributed by atoms with E-state index in [1.165, 1.54) is 24.0 Å². The van der Waals surface area contributed by atoms with Gasteiger partial charge in [-0.1, -0.05) is 57.0 Å². The molecule has 0 N–H and O–H groups in total. The maximum absolute atomic E-state index is 5.81. The Kier molecular flexibility index (Phi) is 7.67. The summed E-state index contributed by atoms with van der Waals surface area (Å²) in [6.45, 7) is 7.96. The van der Waals surface area contributed by atoms with Gasteiger partial charge in [0.15, 0.2) is 0 Å². The zero-order valence-corrected chi connectivity index (χ0v) is 15.3. The lowest BCUT2D eigenvalue weighted by atomic mass is 9.95. The van der Waals surface area contributed by atoms with Crippen molar-refractivity contribution in [2.75, 3.05) is 13.2 Å². The average molecular weight is 326 g/mol. The SMILES string of the molecule is CCC(CC)Cc1ccc(OCCCOc2ccccc2C)cc1. The van der Waals surface area contributed by atoms with E-state index in [2.05, 4.69) is 51.1 Å². The zero-order chi connectivity index (χ0) is 17.2. The van der Waals surface area contributed by atoms with Crippen LogP contribution in [0.4, 0.5) is 0 Å². The Morgan fingerprint density at radius 3 is 2.17 bits per heavy atom. The number of ether oxygens (including phenoxy) is 2. The number of para-hydroxylation sites is 1. The second kappa shape index (κ2) is 10.0. The third-order valence-corrected chi connectivity index (χ3v) is 4.51. The molecule has 0 radical (unpaired) electrons. The van der Waals surface area contributed by atoms with Gasteiger partial charge in [0.1, 0.15) is 11.5 Å². The summed E-state index contributed by atoms with van der Waals surface area (Å²) in [4.78, 5) is 0. The number of hydrogen-bond acceptors (Lipinski definition) is 2. The molecule has 2 aromatic carbocycles. The first-order valence-corrected chi connectivity index (χ1v) is 9.13. The van der Waals surface area contributed by atoms with Crippen LogP contribution in [-0.2, 0) is 6.42 Å². The lowest BCUT2D eigenvalue weighted by molar-refractivity contribution is 0.246. The van der Waals surface area contributed by atoms with Crippen LogP contribution in [0.15, 0.2) is 48.5 Å². The van der Waals surface area contributed by atoms with Crippen LogP contribution in [0.5, 0.6) is 11.5 Å². The third-order valence-electron chi connectivity index (χ3n) is 4.51. The Morgan fingerprint density at radius 1 is 0.833 bits per heavy atom. The first-order valence-electron chi connectivity index (χ1n) is 9.13. The lowest BCUT2D eigenvalue weighted by Gasteiger charge is -2.13. The van der Waals surface area contributed by atoms with Crippen LogP contribution in [-0.4, -0.2) is 13.2 Å². The average Bonchev–Trinajstić information content (AvgIpc) is 2.62. The summed E-state index contributed by atoms with van der Waals surface area (Å²) in [6, 6.07) is 16.7. The number of aryl methyl sites for hydroxylation is 1. The largest absolute Gasteiger partial charge is 0.493 e. The minimum Gasteiger partial charge on any atom is -0.493 e. The Bertz CT molecular complexity index is 585. The highest BCUT2D eigenvalue weighted by molar-refractivity contribution is 5.31. The van der Waals surface area contributed by atoms with Crippen LogP contribution < -0.4 is 9.47 Å². The van der Waals surface area contributed by atoms with Crippen molar-refractivity contribution in [1.82, 2.24) is 0 Å². The molecule has 2 nitrogen and oxygen atoms in total. The fourth-order valence-electron chi connectivity index (χ4n) is 2.78. The van der Waals surface area contributed by atoms with E-state index >= 15 is 0 Å². The second-order valence-corrected chi connectivity index (χ2v) is 6.35. The van der Waals surface area contributed by atoms with Crippen molar-refractivity contribution in [3.05, 3.63) is 59.7 Å². The maximum atomic E-state index is 5.81. The van der Waals surface area contributed by atoms with Crippen LogP contribution in [0.2, 0.25) is 0 Å². The Hall–Kier alpha value is -1.96. The van der Waals surface area contributed by atoms with Gasteiger partial charge in [-0.2, -0.15) is 0 Å². The van der Waals surface area contributed by atoms with E-state index in [0.29, 0.717) is 13.2 Å². The van der Waals surface area contributed by atoms with Gasteiger partial charge in [0.05, 0.1) is 13.2 Å². The molecule has 0 aromatic heterocycles. The van der Waals surface area contributed by atoms with E-state index in [4.69, 9.17) is 9.47 Å². The van der Waals surface area contributed by atoms with Crippen LogP contribution in [0.1, 0.15) is 44.2 Å². The number of hydrogen-bond donors (Lipinski definition) is 0. The molecule has 0 aliphatic carbocycles. The normalized spacial score (nSPS) is 10.8. The highest BCUT2D eigenvalue weighted by atomic mass is 16.5. The number of rotatable bonds is 10. The summed E-state index contributed by atoms with van der Waals surface area (Å²) in [5, 5.41) is 0. The van der Waals surface area contributed by atoms with Crippen molar-refractivity contribution >= 4 is 0 Å². The summed E-state index contributed by atoms with van der Waals surface area (Å²) < 4.78 is 11.6. The van der Waals surface area contributed by atoms with Gasteiger partial charge in [-0.25, -0.2) is 0 Å². The molecule has 0 fully saturated rings. The molecule has 24 heavy (non-hydrogen) atoms. The first-order chi connectivity index (χ1) is 11.7. The van der Waals surface area contributed by atoms with Crippen molar-refractivity contribution < 1.29 is 9.47 Å². The Morgan fingerprint density at radius 2 is 1.50 bits per heavy atom. The van der Waals surface area contributed by atoms with Crippen LogP contribution >= 0.6 is 0 Å². The van der Waals surface area contributed by atoms with Crippen LogP contribution in [0, 0.1) is 12.8 Å². The quantitative estimate of drug-likeness (QED) is 0.512. The maximum Gasteiger partial charge on any atom is 0.122 e. The molecule has 0 unspecified atom stereocenters. The molecule has 0 spiro atoms. The van der Waals surface area contributed by atoms with E-state index in [-0.39, 0.29) is 0 Å². The predicted octanol–water partition coefficient (Wildman–Crippen LogP) is 5.82. The summed E-state index contributed by atoms with van der Waals surface area (Å²) in [6.07, 6.45) is 4.53. The zero-order valence-electron chi connectivity index (χ0n) is 15.3. The molecule has 0 bridgehead atoms. The van der Waals surface area contributed by atoms with Gasteiger partial charge in [0.2, 0.25) is 0 Å². The van der Waals surface area contributed by atoms with Crippen molar-refractivity contribution in [3.8, 4) is 11.5 Å². The molecule has 0 amide bonds. The van der Waals surface area contributed by atoms with E-state index in [1.807, 2.05) is 18.2 Å². The third kappa shape index (κ3) is 5.92. The lowest BCUT2D eigenvalue weighted by Crippen LogP contribution is -2.06. The monoisotopic (exact) mass is 326 g/mol. The van der Waals surface area contributed by atoms with Gasteiger partial charge < -0.3 is 9.47 Å². The first kappa shape index (κ1) is 18.4. The Labute approximate surface area is 146 Å². The van der Waals surface area contributed by atoms with Crippen LogP contribution in [0.25, 0.3) is 0 Å². The Balaban J connectivity index is 1.68. The molecule has 0 saturated carbocycles. The molecule has 0 atom stereocenters. The molecular weight excluding hydrogens is 296 g/mol. The molecule has 2 aromatic rings. The van der Waals surface area contributed by atoms with E-state index in [9.17, 15) is 0 Å².